The molecule has 0 bridgehead atoms. The predicted molar refractivity (Wildman–Crippen MR) is 103 cm³/mol. The van der Waals surface area contributed by atoms with E-state index in [0.717, 1.165) is 30.1 Å². The number of para-hydroxylation sites is 2. The Bertz CT molecular complexity index is 715. The van der Waals surface area contributed by atoms with Crippen LogP contribution in [0.5, 0.6) is 5.75 Å². The number of piperazine rings is 1. The molecule has 138 valence electrons. The minimum absolute atomic E-state index is 0.0212. The van der Waals surface area contributed by atoms with Gasteiger partial charge in [-0.15, -0.1) is 0 Å². The van der Waals surface area contributed by atoms with Crippen LogP contribution in [0.15, 0.2) is 48.8 Å². The lowest BCUT2D eigenvalue weighted by Gasteiger charge is -2.37. The summed E-state index contributed by atoms with van der Waals surface area (Å²) in [6, 6.07) is 11.9. The molecule has 1 aromatic carbocycles. The lowest BCUT2D eigenvalue weighted by atomic mass is 10.1. The van der Waals surface area contributed by atoms with Crippen molar-refractivity contribution in [3.05, 3.63) is 54.4 Å². The van der Waals surface area contributed by atoms with E-state index < -0.39 is 0 Å². The van der Waals surface area contributed by atoms with E-state index in [4.69, 9.17) is 4.74 Å². The first-order valence-electron chi connectivity index (χ1n) is 9.11. The maximum atomic E-state index is 12.6. The Morgan fingerprint density at radius 2 is 1.85 bits per heavy atom. The highest BCUT2D eigenvalue weighted by molar-refractivity contribution is 5.75. The Morgan fingerprint density at radius 1 is 1.15 bits per heavy atom. The molecule has 1 aliphatic rings. The molecule has 2 amide bonds. The molecule has 0 saturated carbocycles. The molecule has 0 spiro atoms. The predicted octanol–water partition coefficient (Wildman–Crippen LogP) is 3.07. The third-order valence-corrected chi connectivity index (χ3v) is 4.62. The highest BCUT2D eigenvalue weighted by atomic mass is 16.5. The van der Waals surface area contributed by atoms with Gasteiger partial charge in [0.25, 0.3) is 0 Å². The van der Waals surface area contributed by atoms with Crippen molar-refractivity contribution >= 4 is 11.7 Å². The summed E-state index contributed by atoms with van der Waals surface area (Å²) in [6.07, 6.45) is 3.49. The molecular formula is C20H26N4O2. The number of hydrogen-bond donors (Lipinski definition) is 1. The van der Waals surface area contributed by atoms with E-state index in [0.29, 0.717) is 19.7 Å². The van der Waals surface area contributed by atoms with Gasteiger partial charge in [-0.2, -0.15) is 0 Å². The summed E-state index contributed by atoms with van der Waals surface area (Å²) in [6.45, 7) is 7.59. The Morgan fingerprint density at radius 3 is 2.54 bits per heavy atom. The van der Waals surface area contributed by atoms with Gasteiger partial charge in [0.1, 0.15) is 5.75 Å². The highest BCUT2D eigenvalue weighted by Crippen LogP contribution is 2.28. The molecule has 2 heterocycles. The summed E-state index contributed by atoms with van der Waals surface area (Å²) in [5, 5.41) is 3.07. The Balaban J connectivity index is 1.56. The van der Waals surface area contributed by atoms with Crippen molar-refractivity contribution in [3.8, 4) is 5.75 Å². The van der Waals surface area contributed by atoms with Crippen molar-refractivity contribution in [3.63, 3.8) is 0 Å². The van der Waals surface area contributed by atoms with Crippen molar-refractivity contribution in [1.82, 2.24) is 15.2 Å². The number of benzene rings is 1. The van der Waals surface area contributed by atoms with Crippen molar-refractivity contribution < 1.29 is 9.53 Å². The topological polar surface area (TPSA) is 57.7 Å². The molecule has 26 heavy (non-hydrogen) atoms. The number of rotatable bonds is 5. The van der Waals surface area contributed by atoms with E-state index in [-0.39, 0.29) is 12.1 Å². The van der Waals surface area contributed by atoms with Crippen molar-refractivity contribution in [2.24, 2.45) is 0 Å². The van der Waals surface area contributed by atoms with E-state index in [9.17, 15) is 4.79 Å². The summed E-state index contributed by atoms with van der Waals surface area (Å²) in [5.74, 6) is 0.902. The SMILES string of the molecule is CCOc1ccccc1N1CCN(C(=O)N[C@@H](C)c2ccncc2)CC1. The molecule has 1 atom stereocenters. The monoisotopic (exact) mass is 354 g/mol. The quantitative estimate of drug-likeness (QED) is 0.896. The first-order valence-corrected chi connectivity index (χ1v) is 9.11. The molecule has 2 aromatic rings. The summed E-state index contributed by atoms with van der Waals surface area (Å²) >= 11 is 0. The van der Waals surface area contributed by atoms with Crippen LogP contribution in [0.2, 0.25) is 0 Å². The van der Waals surface area contributed by atoms with E-state index in [1.807, 2.05) is 49.1 Å². The molecule has 1 aliphatic heterocycles. The Labute approximate surface area is 154 Å². The van der Waals surface area contributed by atoms with Crippen molar-refractivity contribution in [1.29, 1.82) is 0 Å². The smallest absolute Gasteiger partial charge is 0.317 e. The molecule has 1 saturated heterocycles. The van der Waals surface area contributed by atoms with Gasteiger partial charge >= 0.3 is 6.03 Å². The van der Waals surface area contributed by atoms with Crippen LogP contribution in [0.25, 0.3) is 0 Å². The van der Waals surface area contributed by atoms with Crippen LogP contribution in [0, 0.1) is 0 Å². The fourth-order valence-corrected chi connectivity index (χ4v) is 3.16. The summed E-state index contributed by atoms with van der Waals surface area (Å²) in [7, 11) is 0. The summed E-state index contributed by atoms with van der Waals surface area (Å²) in [4.78, 5) is 20.7. The van der Waals surface area contributed by atoms with Gasteiger partial charge in [-0.25, -0.2) is 4.79 Å². The van der Waals surface area contributed by atoms with Crippen LogP contribution in [0.1, 0.15) is 25.5 Å². The highest BCUT2D eigenvalue weighted by Gasteiger charge is 2.23. The lowest BCUT2D eigenvalue weighted by molar-refractivity contribution is 0.191. The third kappa shape index (κ3) is 4.25. The van der Waals surface area contributed by atoms with Gasteiger partial charge < -0.3 is 19.9 Å². The third-order valence-electron chi connectivity index (χ3n) is 4.62. The molecule has 3 rings (SSSR count). The largest absolute Gasteiger partial charge is 0.492 e. The van der Waals surface area contributed by atoms with Gasteiger partial charge in [-0.1, -0.05) is 12.1 Å². The average Bonchev–Trinajstić information content (AvgIpc) is 2.69. The fourth-order valence-electron chi connectivity index (χ4n) is 3.16. The number of anilines is 1. The number of amides is 2. The zero-order chi connectivity index (χ0) is 18.4. The second-order valence-electron chi connectivity index (χ2n) is 6.33. The molecule has 6 heteroatoms. The minimum Gasteiger partial charge on any atom is -0.492 e. The second-order valence-corrected chi connectivity index (χ2v) is 6.33. The number of carbonyl (C=O) groups excluding carboxylic acids is 1. The van der Waals surface area contributed by atoms with Crippen LogP contribution in [-0.2, 0) is 0 Å². The van der Waals surface area contributed by atoms with Gasteiger partial charge in [0.05, 0.1) is 18.3 Å². The molecule has 0 unspecified atom stereocenters. The number of nitrogens with one attached hydrogen (secondary N) is 1. The molecule has 6 nitrogen and oxygen atoms in total. The number of pyridine rings is 1. The van der Waals surface area contributed by atoms with Crippen LogP contribution in [0.3, 0.4) is 0 Å². The number of hydrogen-bond acceptors (Lipinski definition) is 4. The van der Waals surface area contributed by atoms with E-state index in [1.165, 1.54) is 0 Å². The fraction of sp³-hybridized carbons (Fsp3) is 0.400. The second kappa shape index (κ2) is 8.56. The molecule has 1 aromatic heterocycles. The van der Waals surface area contributed by atoms with Crippen LogP contribution in [0.4, 0.5) is 10.5 Å². The Hall–Kier alpha value is -2.76. The summed E-state index contributed by atoms with van der Waals surface area (Å²) < 4.78 is 5.73. The van der Waals surface area contributed by atoms with Gasteiger partial charge in [0, 0.05) is 38.6 Å². The average molecular weight is 354 g/mol. The van der Waals surface area contributed by atoms with Crippen molar-refractivity contribution in [2.75, 3.05) is 37.7 Å². The standard InChI is InChI=1S/C20H26N4O2/c1-3-26-19-7-5-4-6-18(19)23-12-14-24(15-13-23)20(25)22-16(2)17-8-10-21-11-9-17/h4-11,16H,3,12-15H2,1-2H3,(H,22,25)/t16-/m0/s1. The first kappa shape index (κ1) is 18.0. The number of ether oxygens (including phenoxy) is 1. The van der Waals surface area contributed by atoms with Crippen LogP contribution >= 0.6 is 0 Å². The van der Waals surface area contributed by atoms with E-state index in [2.05, 4.69) is 21.3 Å². The van der Waals surface area contributed by atoms with Crippen LogP contribution < -0.4 is 15.0 Å². The first-order chi connectivity index (χ1) is 12.7. The van der Waals surface area contributed by atoms with Crippen LogP contribution in [-0.4, -0.2) is 48.7 Å². The normalized spacial score (nSPS) is 15.5. The zero-order valence-electron chi connectivity index (χ0n) is 15.4. The molecular weight excluding hydrogens is 328 g/mol. The zero-order valence-corrected chi connectivity index (χ0v) is 15.4. The maximum absolute atomic E-state index is 12.6. The number of urea groups is 1. The van der Waals surface area contributed by atoms with E-state index in [1.54, 1.807) is 12.4 Å². The maximum Gasteiger partial charge on any atom is 0.317 e. The number of nitrogens with zero attached hydrogens (tertiary/aromatic N) is 3. The minimum atomic E-state index is -0.0396. The lowest BCUT2D eigenvalue weighted by Crippen LogP contribution is -2.52. The van der Waals surface area contributed by atoms with E-state index >= 15 is 0 Å². The van der Waals surface area contributed by atoms with Crippen molar-refractivity contribution in [2.45, 2.75) is 19.9 Å². The van der Waals surface area contributed by atoms with Gasteiger partial charge in [0.15, 0.2) is 0 Å². The Kier molecular flexibility index (Phi) is 5.94. The summed E-state index contributed by atoms with van der Waals surface area (Å²) in [5.41, 5.74) is 2.15. The molecule has 0 aliphatic carbocycles. The van der Waals surface area contributed by atoms with Gasteiger partial charge in [-0.3, -0.25) is 4.98 Å². The van der Waals surface area contributed by atoms with Gasteiger partial charge in [0.2, 0.25) is 0 Å². The molecule has 1 fully saturated rings. The number of aromatic nitrogens is 1. The molecule has 0 radical (unpaired) electrons. The molecule has 1 N–H and O–H groups in total. The number of carbonyl (C=O) groups is 1. The van der Waals surface area contributed by atoms with Gasteiger partial charge in [-0.05, 0) is 43.7 Å².